The quantitative estimate of drug-likeness (QED) is 0.175. The summed E-state index contributed by atoms with van der Waals surface area (Å²) >= 11 is 0. The smallest absolute Gasteiger partial charge is 0.311 e. The second-order valence-corrected chi connectivity index (χ2v) is 7.38. The predicted octanol–water partition coefficient (Wildman–Crippen LogP) is 6.62. The lowest BCUT2D eigenvalue weighted by molar-refractivity contribution is -0.137. The molecule has 1 aromatic rings. The van der Waals surface area contributed by atoms with Crippen molar-refractivity contribution in [3.8, 4) is 17.2 Å². The van der Waals surface area contributed by atoms with Crippen LogP contribution in [0.3, 0.4) is 0 Å². The minimum Gasteiger partial charge on any atom is -0.493 e. The molecule has 0 N–H and O–H groups in total. The maximum atomic E-state index is 12.2. The first-order valence-electron chi connectivity index (χ1n) is 11.3. The monoisotopic (exact) mass is 406 g/mol. The molecule has 0 bridgehead atoms. The fourth-order valence-corrected chi connectivity index (χ4v) is 2.85. The molecule has 0 atom stereocenters. The number of ether oxygens (including phenoxy) is 3. The highest BCUT2D eigenvalue weighted by Gasteiger charge is 2.15. The lowest BCUT2D eigenvalue weighted by Gasteiger charge is -2.13. The maximum Gasteiger partial charge on any atom is 0.311 e. The third-order valence-electron chi connectivity index (χ3n) is 4.60. The van der Waals surface area contributed by atoms with Crippen LogP contribution in [0.2, 0.25) is 0 Å². The van der Waals surface area contributed by atoms with Gasteiger partial charge < -0.3 is 14.2 Å². The Morgan fingerprint density at radius 2 is 1.24 bits per heavy atom. The van der Waals surface area contributed by atoms with E-state index in [1.54, 1.807) is 18.2 Å². The molecule has 1 aromatic carbocycles. The van der Waals surface area contributed by atoms with Crippen LogP contribution >= 0.6 is 0 Å². The fraction of sp³-hybridized carbons (Fsp3) is 0.667. The molecule has 5 nitrogen and oxygen atoms in total. The summed E-state index contributed by atoms with van der Waals surface area (Å²) in [5.41, 5.74) is 0. The van der Waals surface area contributed by atoms with Crippen LogP contribution in [0.25, 0.3) is 0 Å². The number of benzene rings is 1. The molecule has 0 saturated heterocycles. The largest absolute Gasteiger partial charge is 0.493 e. The van der Waals surface area contributed by atoms with Gasteiger partial charge in [0.05, 0.1) is 6.61 Å². The second kappa shape index (κ2) is 15.8. The molecule has 0 spiro atoms. The number of carbonyl (C=O) groups is 2. The van der Waals surface area contributed by atoms with Crippen LogP contribution in [0.15, 0.2) is 18.2 Å². The average Bonchev–Trinajstić information content (AvgIpc) is 2.70. The summed E-state index contributed by atoms with van der Waals surface area (Å²) in [5.74, 6) is 0.510. The van der Waals surface area contributed by atoms with Crippen molar-refractivity contribution < 1.29 is 23.8 Å². The van der Waals surface area contributed by atoms with Crippen molar-refractivity contribution in [1.29, 1.82) is 0 Å². The molecule has 0 fully saturated rings. The first-order chi connectivity index (χ1) is 14.1. The van der Waals surface area contributed by atoms with E-state index in [0.717, 1.165) is 51.4 Å². The van der Waals surface area contributed by atoms with Crippen molar-refractivity contribution in [3.05, 3.63) is 18.2 Å². The number of rotatable bonds is 16. The third kappa shape index (κ3) is 11.5. The summed E-state index contributed by atoms with van der Waals surface area (Å²) in [6.45, 7) is 6.95. The van der Waals surface area contributed by atoms with Crippen molar-refractivity contribution >= 4 is 11.9 Å². The van der Waals surface area contributed by atoms with E-state index < -0.39 is 0 Å². The van der Waals surface area contributed by atoms with E-state index >= 15 is 0 Å². The van der Waals surface area contributed by atoms with Gasteiger partial charge in [0.25, 0.3) is 0 Å². The van der Waals surface area contributed by atoms with Crippen LogP contribution in [0.5, 0.6) is 17.2 Å². The Kier molecular flexibility index (Phi) is 13.6. The van der Waals surface area contributed by atoms with Crippen LogP contribution in [-0.2, 0) is 9.59 Å². The molecule has 0 unspecified atom stereocenters. The van der Waals surface area contributed by atoms with Gasteiger partial charge in [0.2, 0.25) is 0 Å². The Hall–Kier alpha value is -2.04. The molecular formula is C24H38O5. The fourth-order valence-electron chi connectivity index (χ4n) is 2.85. The van der Waals surface area contributed by atoms with Crippen LogP contribution in [0, 0.1) is 0 Å². The molecule has 5 heteroatoms. The Morgan fingerprint density at radius 1 is 0.690 bits per heavy atom. The first kappa shape index (κ1) is 25.0. The first-order valence-corrected chi connectivity index (χ1v) is 11.3. The molecule has 29 heavy (non-hydrogen) atoms. The number of carbonyl (C=O) groups excluding carboxylic acids is 2. The highest BCUT2D eigenvalue weighted by molar-refractivity contribution is 5.76. The standard InChI is InChI=1S/C24H38O5/c1-4-7-10-13-18-27-20-16-17-21(28-23(25)14-11-8-5-2)22(19-20)29-24(26)15-12-9-6-3/h16-17,19H,4-15,18H2,1-3H3. The zero-order chi connectivity index (χ0) is 21.3. The van der Waals surface area contributed by atoms with E-state index in [-0.39, 0.29) is 23.4 Å². The predicted molar refractivity (Wildman–Crippen MR) is 116 cm³/mol. The van der Waals surface area contributed by atoms with E-state index in [9.17, 15) is 9.59 Å². The average molecular weight is 407 g/mol. The zero-order valence-corrected chi connectivity index (χ0v) is 18.5. The van der Waals surface area contributed by atoms with Crippen LogP contribution < -0.4 is 14.2 Å². The Labute approximate surface area is 176 Å². The number of unbranched alkanes of at least 4 members (excludes halogenated alkanes) is 7. The van der Waals surface area contributed by atoms with Crippen molar-refractivity contribution in [2.75, 3.05) is 6.61 Å². The Balaban J connectivity index is 2.75. The molecule has 0 saturated carbocycles. The minimum absolute atomic E-state index is 0.251. The normalized spacial score (nSPS) is 10.6. The topological polar surface area (TPSA) is 61.8 Å². The van der Waals surface area contributed by atoms with Crippen LogP contribution in [0.4, 0.5) is 0 Å². The van der Waals surface area contributed by atoms with E-state index in [2.05, 4.69) is 20.8 Å². The van der Waals surface area contributed by atoms with Crippen molar-refractivity contribution in [2.45, 2.75) is 97.8 Å². The molecule has 0 radical (unpaired) electrons. The molecule has 0 aromatic heterocycles. The van der Waals surface area contributed by atoms with Gasteiger partial charge in [-0.2, -0.15) is 0 Å². The molecule has 0 aliphatic heterocycles. The van der Waals surface area contributed by atoms with Crippen molar-refractivity contribution in [1.82, 2.24) is 0 Å². The number of esters is 2. The summed E-state index contributed by atoms with van der Waals surface area (Å²) in [7, 11) is 0. The van der Waals surface area contributed by atoms with Gasteiger partial charge in [-0.1, -0.05) is 65.7 Å². The SMILES string of the molecule is CCCCCCOc1ccc(OC(=O)CCCCC)c(OC(=O)CCCCC)c1. The molecule has 0 aliphatic rings. The minimum atomic E-state index is -0.318. The lowest BCUT2D eigenvalue weighted by atomic mass is 10.2. The van der Waals surface area contributed by atoms with Crippen molar-refractivity contribution in [2.24, 2.45) is 0 Å². The van der Waals surface area contributed by atoms with Gasteiger partial charge in [-0.3, -0.25) is 9.59 Å². The molecular weight excluding hydrogens is 368 g/mol. The van der Waals surface area contributed by atoms with E-state index in [4.69, 9.17) is 14.2 Å². The van der Waals surface area contributed by atoms with Gasteiger partial charge in [0.15, 0.2) is 11.5 Å². The summed E-state index contributed by atoms with van der Waals surface area (Å²) in [6.07, 6.45) is 10.8. The van der Waals surface area contributed by atoms with E-state index in [1.165, 1.54) is 12.8 Å². The second-order valence-electron chi connectivity index (χ2n) is 7.38. The summed E-state index contributed by atoms with van der Waals surface area (Å²) in [6, 6.07) is 5.04. The van der Waals surface area contributed by atoms with E-state index in [0.29, 0.717) is 25.2 Å². The van der Waals surface area contributed by atoms with Crippen molar-refractivity contribution in [3.63, 3.8) is 0 Å². The Morgan fingerprint density at radius 3 is 1.83 bits per heavy atom. The van der Waals surface area contributed by atoms with E-state index in [1.807, 2.05) is 0 Å². The number of hydrogen-bond donors (Lipinski definition) is 0. The van der Waals surface area contributed by atoms with Crippen LogP contribution in [-0.4, -0.2) is 18.5 Å². The van der Waals surface area contributed by atoms with Gasteiger partial charge in [-0.25, -0.2) is 0 Å². The maximum absolute atomic E-state index is 12.2. The van der Waals surface area contributed by atoms with Gasteiger partial charge in [-0.05, 0) is 31.4 Å². The molecule has 0 heterocycles. The highest BCUT2D eigenvalue weighted by atomic mass is 16.6. The molecule has 0 amide bonds. The lowest BCUT2D eigenvalue weighted by Crippen LogP contribution is -2.12. The zero-order valence-electron chi connectivity index (χ0n) is 18.5. The van der Waals surface area contributed by atoms with Gasteiger partial charge in [0, 0.05) is 18.9 Å². The van der Waals surface area contributed by atoms with Gasteiger partial charge >= 0.3 is 11.9 Å². The number of hydrogen-bond acceptors (Lipinski definition) is 5. The molecule has 164 valence electrons. The summed E-state index contributed by atoms with van der Waals surface area (Å²) in [5, 5.41) is 0. The van der Waals surface area contributed by atoms with Crippen LogP contribution in [0.1, 0.15) is 97.8 Å². The molecule has 0 aliphatic carbocycles. The summed E-state index contributed by atoms with van der Waals surface area (Å²) < 4.78 is 16.7. The highest BCUT2D eigenvalue weighted by Crippen LogP contribution is 2.32. The van der Waals surface area contributed by atoms with Gasteiger partial charge in [-0.15, -0.1) is 0 Å². The Bertz CT molecular complexity index is 597. The van der Waals surface area contributed by atoms with Gasteiger partial charge in [0.1, 0.15) is 5.75 Å². The molecule has 1 rings (SSSR count). The summed E-state index contributed by atoms with van der Waals surface area (Å²) in [4.78, 5) is 24.3. The third-order valence-corrected chi connectivity index (χ3v) is 4.60.